The lowest BCUT2D eigenvalue weighted by atomic mass is 9.84. The Labute approximate surface area is 105 Å². The summed E-state index contributed by atoms with van der Waals surface area (Å²) in [5.41, 5.74) is 1.13. The third kappa shape index (κ3) is 2.46. The zero-order chi connectivity index (χ0) is 11.5. The number of hydrogen-bond acceptors (Lipinski definition) is 1. The molecule has 0 bridgehead atoms. The van der Waals surface area contributed by atoms with Gasteiger partial charge in [-0.15, -0.1) is 0 Å². The van der Waals surface area contributed by atoms with E-state index in [9.17, 15) is 4.79 Å². The van der Waals surface area contributed by atoms with Crippen molar-refractivity contribution in [3.05, 3.63) is 34.3 Å². The van der Waals surface area contributed by atoms with Crippen LogP contribution in [0.5, 0.6) is 0 Å². The average molecular weight is 282 g/mol. The minimum absolute atomic E-state index is 0.0728. The fourth-order valence-electron chi connectivity index (χ4n) is 1.91. The van der Waals surface area contributed by atoms with Gasteiger partial charge in [0.15, 0.2) is 0 Å². The molecule has 1 unspecified atom stereocenters. The SMILES string of the molecule is CC(NC(=O)C1CCC1)c1ccccc1Br. The van der Waals surface area contributed by atoms with Gasteiger partial charge < -0.3 is 5.32 Å². The van der Waals surface area contributed by atoms with Gasteiger partial charge >= 0.3 is 0 Å². The summed E-state index contributed by atoms with van der Waals surface area (Å²) in [5.74, 6) is 0.458. The van der Waals surface area contributed by atoms with Crippen molar-refractivity contribution in [3.63, 3.8) is 0 Å². The van der Waals surface area contributed by atoms with E-state index in [1.807, 2.05) is 31.2 Å². The minimum atomic E-state index is 0.0728. The number of amides is 1. The first-order valence-electron chi connectivity index (χ1n) is 5.73. The predicted molar refractivity (Wildman–Crippen MR) is 68.0 cm³/mol. The Balaban J connectivity index is 1.99. The standard InChI is InChI=1S/C13H16BrNO/c1-9(11-7-2-3-8-12(11)14)15-13(16)10-5-4-6-10/h2-3,7-10H,4-6H2,1H3,(H,15,16). The molecule has 0 spiro atoms. The molecule has 3 heteroatoms. The maximum atomic E-state index is 11.8. The summed E-state index contributed by atoms with van der Waals surface area (Å²) in [6, 6.07) is 8.08. The van der Waals surface area contributed by atoms with Crippen molar-refractivity contribution in [1.82, 2.24) is 5.32 Å². The molecule has 0 heterocycles. The molecular weight excluding hydrogens is 266 g/mol. The molecular formula is C13H16BrNO. The molecule has 16 heavy (non-hydrogen) atoms. The summed E-state index contributed by atoms with van der Waals surface area (Å²) in [6.45, 7) is 2.02. The van der Waals surface area contributed by atoms with Crippen LogP contribution in [-0.4, -0.2) is 5.91 Å². The fraction of sp³-hybridized carbons (Fsp3) is 0.462. The first kappa shape index (κ1) is 11.6. The first-order chi connectivity index (χ1) is 7.68. The van der Waals surface area contributed by atoms with Gasteiger partial charge in [0, 0.05) is 10.4 Å². The van der Waals surface area contributed by atoms with E-state index in [4.69, 9.17) is 0 Å². The Kier molecular flexibility index (Phi) is 3.64. The molecule has 1 atom stereocenters. The van der Waals surface area contributed by atoms with E-state index in [-0.39, 0.29) is 17.9 Å². The van der Waals surface area contributed by atoms with Crippen LogP contribution in [0.3, 0.4) is 0 Å². The van der Waals surface area contributed by atoms with E-state index in [0.29, 0.717) is 0 Å². The number of benzene rings is 1. The van der Waals surface area contributed by atoms with Crippen molar-refractivity contribution in [3.8, 4) is 0 Å². The van der Waals surface area contributed by atoms with Crippen LogP contribution in [-0.2, 0) is 4.79 Å². The summed E-state index contributed by atoms with van der Waals surface area (Å²) in [7, 11) is 0. The molecule has 1 amide bonds. The lowest BCUT2D eigenvalue weighted by molar-refractivity contribution is -0.128. The summed E-state index contributed by atoms with van der Waals surface area (Å²) >= 11 is 3.50. The van der Waals surface area contributed by atoms with E-state index in [1.165, 1.54) is 6.42 Å². The monoisotopic (exact) mass is 281 g/mol. The van der Waals surface area contributed by atoms with Gasteiger partial charge in [-0.2, -0.15) is 0 Å². The highest BCUT2D eigenvalue weighted by atomic mass is 79.9. The number of hydrogen-bond donors (Lipinski definition) is 1. The fourth-order valence-corrected chi connectivity index (χ4v) is 2.53. The third-order valence-corrected chi connectivity index (χ3v) is 3.93. The van der Waals surface area contributed by atoms with Gasteiger partial charge in [0.1, 0.15) is 0 Å². The van der Waals surface area contributed by atoms with Crippen LogP contribution < -0.4 is 5.32 Å². The Morgan fingerprint density at radius 2 is 2.12 bits per heavy atom. The van der Waals surface area contributed by atoms with Crippen LogP contribution in [0.1, 0.15) is 37.8 Å². The Morgan fingerprint density at radius 1 is 1.44 bits per heavy atom. The molecule has 1 aromatic rings. The molecule has 0 saturated heterocycles. The number of carbonyl (C=O) groups excluding carboxylic acids is 1. The normalized spacial score (nSPS) is 17.6. The predicted octanol–water partition coefficient (Wildman–Crippen LogP) is 3.43. The van der Waals surface area contributed by atoms with Gasteiger partial charge in [-0.25, -0.2) is 0 Å². The smallest absolute Gasteiger partial charge is 0.223 e. The molecule has 0 aromatic heterocycles. The lowest BCUT2D eigenvalue weighted by Gasteiger charge is -2.26. The van der Waals surface area contributed by atoms with Gasteiger partial charge in [0.2, 0.25) is 5.91 Å². The average Bonchev–Trinajstić information content (AvgIpc) is 2.15. The highest BCUT2D eigenvalue weighted by molar-refractivity contribution is 9.10. The van der Waals surface area contributed by atoms with Crippen molar-refractivity contribution in [2.75, 3.05) is 0 Å². The highest BCUT2D eigenvalue weighted by Crippen LogP contribution is 2.28. The van der Waals surface area contributed by atoms with Crippen molar-refractivity contribution in [2.45, 2.75) is 32.2 Å². The maximum absolute atomic E-state index is 11.8. The van der Waals surface area contributed by atoms with Gasteiger partial charge in [-0.05, 0) is 31.4 Å². The van der Waals surface area contributed by atoms with Crippen LogP contribution in [0.25, 0.3) is 0 Å². The molecule has 86 valence electrons. The van der Waals surface area contributed by atoms with Gasteiger partial charge in [-0.3, -0.25) is 4.79 Å². The van der Waals surface area contributed by atoms with Crippen LogP contribution >= 0.6 is 15.9 Å². The number of rotatable bonds is 3. The number of nitrogens with one attached hydrogen (secondary N) is 1. The van der Waals surface area contributed by atoms with Crippen molar-refractivity contribution in [1.29, 1.82) is 0 Å². The van der Waals surface area contributed by atoms with Crippen molar-refractivity contribution in [2.24, 2.45) is 5.92 Å². The van der Waals surface area contributed by atoms with Gasteiger partial charge in [0.25, 0.3) is 0 Å². The van der Waals surface area contributed by atoms with Crippen LogP contribution in [0.4, 0.5) is 0 Å². The van der Waals surface area contributed by atoms with Gasteiger partial charge in [-0.1, -0.05) is 40.5 Å². The largest absolute Gasteiger partial charge is 0.349 e. The van der Waals surface area contributed by atoms with Gasteiger partial charge in [0.05, 0.1) is 6.04 Å². The Hall–Kier alpha value is -0.830. The van der Waals surface area contributed by atoms with E-state index in [2.05, 4.69) is 21.2 Å². The van der Waals surface area contributed by atoms with Crippen molar-refractivity contribution >= 4 is 21.8 Å². The van der Waals surface area contributed by atoms with E-state index < -0.39 is 0 Å². The number of halogens is 1. The Bertz CT molecular complexity index is 387. The quantitative estimate of drug-likeness (QED) is 0.904. The lowest BCUT2D eigenvalue weighted by Crippen LogP contribution is -2.36. The molecule has 0 aliphatic heterocycles. The third-order valence-electron chi connectivity index (χ3n) is 3.21. The summed E-state index contributed by atoms with van der Waals surface area (Å²) in [4.78, 5) is 11.8. The zero-order valence-electron chi connectivity index (χ0n) is 9.37. The maximum Gasteiger partial charge on any atom is 0.223 e. The topological polar surface area (TPSA) is 29.1 Å². The van der Waals surface area contributed by atoms with E-state index in [1.54, 1.807) is 0 Å². The second-order valence-corrected chi connectivity index (χ2v) is 5.23. The highest BCUT2D eigenvalue weighted by Gasteiger charge is 2.26. The summed E-state index contributed by atoms with van der Waals surface area (Å²) in [6.07, 6.45) is 3.30. The molecule has 1 aliphatic rings. The van der Waals surface area contributed by atoms with Crippen LogP contribution in [0, 0.1) is 5.92 Å². The van der Waals surface area contributed by atoms with Crippen molar-refractivity contribution < 1.29 is 4.79 Å². The summed E-state index contributed by atoms with van der Waals surface area (Å²) in [5, 5.41) is 3.07. The van der Waals surface area contributed by atoms with Crippen LogP contribution in [0.15, 0.2) is 28.7 Å². The molecule has 1 N–H and O–H groups in total. The second-order valence-electron chi connectivity index (χ2n) is 4.38. The first-order valence-corrected chi connectivity index (χ1v) is 6.52. The molecule has 1 fully saturated rings. The second kappa shape index (κ2) is 5.00. The summed E-state index contributed by atoms with van der Waals surface area (Å²) < 4.78 is 1.05. The Morgan fingerprint density at radius 3 is 2.69 bits per heavy atom. The molecule has 1 saturated carbocycles. The van der Waals surface area contributed by atoms with Crippen LogP contribution in [0.2, 0.25) is 0 Å². The molecule has 1 aliphatic carbocycles. The zero-order valence-corrected chi connectivity index (χ0v) is 11.0. The van der Waals surface area contributed by atoms with E-state index in [0.717, 1.165) is 22.9 Å². The minimum Gasteiger partial charge on any atom is -0.349 e. The number of carbonyl (C=O) groups is 1. The molecule has 0 radical (unpaired) electrons. The molecule has 2 nitrogen and oxygen atoms in total. The van der Waals surface area contributed by atoms with E-state index >= 15 is 0 Å². The molecule has 1 aromatic carbocycles. The molecule has 2 rings (SSSR count).